The first-order valence-electron chi connectivity index (χ1n) is 12.6. The van der Waals surface area contributed by atoms with E-state index in [0.717, 1.165) is 0 Å². The van der Waals surface area contributed by atoms with Gasteiger partial charge < -0.3 is 43.4 Å². The zero-order valence-electron chi connectivity index (χ0n) is 23.7. The third-order valence-electron chi connectivity index (χ3n) is 7.55. The van der Waals surface area contributed by atoms with Crippen molar-refractivity contribution < 1.29 is 53.0 Å². The van der Waals surface area contributed by atoms with Crippen LogP contribution in [-0.2, 0) is 19.1 Å². The van der Waals surface area contributed by atoms with E-state index in [1.807, 2.05) is 0 Å². The lowest BCUT2D eigenvalue weighted by atomic mass is 9.71. The summed E-state index contributed by atoms with van der Waals surface area (Å²) in [4.78, 5) is 25.5. The third-order valence-corrected chi connectivity index (χ3v) is 7.55. The fourth-order valence-electron chi connectivity index (χ4n) is 5.15. The van der Waals surface area contributed by atoms with Crippen molar-refractivity contribution in [1.82, 2.24) is 0 Å². The van der Waals surface area contributed by atoms with Gasteiger partial charge in [0.25, 0.3) is 0 Å². The number of ether oxygens (including phenoxy) is 7. The normalized spacial score (nSPS) is 23.2. The van der Waals surface area contributed by atoms with Crippen LogP contribution in [0.25, 0.3) is 11.1 Å². The highest BCUT2D eigenvalue weighted by Gasteiger charge is 2.51. The fourth-order valence-corrected chi connectivity index (χ4v) is 5.15. The molecule has 1 heterocycles. The second-order valence-electron chi connectivity index (χ2n) is 9.83. The number of phenolic OH excluding ortho intramolecular Hbond substituents is 1. The summed E-state index contributed by atoms with van der Waals surface area (Å²) in [6, 6.07) is 3.15. The lowest BCUT2D eigenvalue weighted by molar-refractivity contribution is -0.182. The Kier molecular flexibility index (Phi) is 7.80. The molecule has 2 N–H and O–H groups in total. The van der Waals surface area contributed by atoms with Crippen molar-refractivity contribution in [2.75, 3.05) is 28.1 Å². The molecule has 0 radical (unpaired) electrons. The van der Waals surface area contributed by atoms with Gasteiger partial charge in [0, 0.05) is 40.7 Å². The monoisotopic (exact) mass is 558 g/mol. The molecule has 216 valence electrons. The molecule has 11 nitrogen and oxygen atoms in total. The van der Waals surface area contributed by atoms with E-state index in [1.54, 1.807) is 32.9 Å². The minimum absolute atomic E-state index is 0.0149. The van der Waals surface area contributed by atoms with Crippen LogP contribution >= 0.6 is 0 Å². The summed E-state index contributed by atoms with van der Waals surface area (Å²) in [5.41, 5.74) is -0.618. The molecule has 2 aromatic rings. The Morgan fingerprint density at radius 2 is 1.68 bits per heavy atom. The lowest BCUT2D eigenvalue weighted by Gasteiger charge is -2.43. The Balaban J connectivity index is 2.22. The molecule has 0 fully saturated rings. The molecule has 4 rings (SSSR count). The number of phenols is 1. The number of hydrogen-bond donors (Lipinski definition) is 2. The van der Waals surface area contributed by atoms with Crippen LogP contribution in [0.4, 0.5) is 0 Å². The van der Waals surface area contributed by atoms with Crippen molar-refractivity contribution >= 4 is 11.9 Å². The maximum absolute atomic E-state index is 13.1. The van der Waals surface area contributed by atoms with Crippen molar-refractivity contribution in [2.45, 2.75) is 52.4 Å². The highest BCUT2D eigenvalue weighted by Crippen LogP contribution is 2.61. The van der Waals surface area contributed by atoms with Gasteiger partial charge >= 0.3 is 11.9 Å². The van der Waals surface area contributed by atoms with E-state index in [-0.39, 0.29) is 52.2 Å². The van der Waals surface area contributed by atoms with Gasteiger partial charge in [-0.15, -0.1) is 0 Å². The third kappa shape index (κ3) is 4.53. The molecule has 0 bridgehead atoms. The number of allylic oxidation sites excluding steroid dienone is 1. The number of benzene rings is 2. The molecule has 40 heavy (non-hydrogen) atoms. The van der Waals surface area contributed by atoms with Gasteiger partial charge in [-0.25, -0.2) is 4.79 Å². The molecule has 1 aliphatic carbocycles. The van der Waals surface area contributed by atoms with Crippen LogP contribution in [0.3, 0.4) is 0 Å². The molecule has 0 unspecified atom stereocenters. The Morgan fingerprint density at radius 3 is 2.25 bits per heavy atom. The number of aliphatic hydroxyl groups is 1. The first-order chi connectivity index (χ1) is 18.9. The van der Waals surface area contributed by atoms with E-state index in [0.29, 0.717) is 16.9 Å². The quantitative estimate of drug-likeness (QED) is 0.386. The summed E-state index contributed by atoms with van der Waals surface area (Å²) in [7, 11) is 4.17. The SMILES string of the molecule is CC=C(C)C(=O)O[C@H]1c2cc(OC)c(OC)c(O)c2-c2c(cc3c(c2OC)OCO3)[C@H](OC(C)=O)[C@H](C)[C@]1(C)O. The number of methoxy groups -OCH3 is 3. The van der Waals surface area contributed by atoms with Gasteiger partial charge in [-0.05, 0) is 32.9 Å². The Hall–Kier alpha value is -4.12. The van der Waals surface area contributed by atoms with Crippen molar-refractivity contribution in [3.05, 3.63) is 34.9 Å². The van der Waals surface area contributed by atoms with Crippen LogP contribution in [0.5, 0.6) is 34.5 Å². The number of aromatic hydroxyl groups is 1. The summed E-state index contributed by atoms with van der Waals surface area (Å²) >= 11 is 0. The van der Waals surface area contributed by atoms with Crippen molar-refractivity contribution in [2.24, 2.45) is 5.92 Å². The van der Waals surface area contributed by atoms with Crippen LogP contribution in [0.1, 0.15) is 58.0 Å². The number of carbonyl (C=O) groups is 2. The predicted molar refractivity (Wildman–Crippen MR) is 142 cm³/mol. The minimum Gasteiger partial charge on any atom is -0.504 e. The fraction of sp³-hybridized carbons (Fsp3) is 0.448. The number of fused-ring (bicyclic) bond motifs is 4. The highest BCUT2D eigenvalue weighted by atomic mass is 16.7. The standard InChI is InChI=1S/C29H34O11/c1-9-13(2)28(32)40-27-17-11-18(34-6)24(35-7)22(31)20(17)21-16(10-19-25(26(21)36-8)38-12-37-19)23(39-15(4)30)14(3)29(27,5)33/h9-11,14,23,27,31,33H,12H2,1-8H3/t14-,23+,27-,29-/m0/s1. The summed E-state index contributed by atoms with van der Waals surface area (Å²) in [6.07, 6.45) is -0.903. The molecular formula is C29H34O11. The zero-order chi connectivity index (χ0) is 29.5. The second-order valence-corrected chi connectivity index (χ2v) is 9.83. The molecule has 0 saturated carbocycles. The molecule has 2 aromatic carbocycles. The van der Waals surface area contributed by atoms with Crippen LogP contribution in [0, 0.1) is 5.92 Å². The maximum Gasteiger partial charge on any atom is 0.334 e. The van der Waals surface area contributed by atoms with Crippen molar-refractivity contribution in [3.8, 4) is 45.6 Å². The molecule has 0 amide bonds. The average molecular weight is 559 g/mol. The van der Waals surface area contributed by atoms with Crippen molar-refractivity contribution in [1.29, 1.82) is 0 Å². The smallest absolute Gasteiger partial charge is 0.334 e. The van der Waals surface area contributed by atoms with Gasteiger partial charge in [0.05, 0.1) is 21.3 Å². The maximum atomic E-state index is 13.1. The average Bonchev–Trinajstić information content (AvgIpc) is 3.40. The number of carbonyl (C=O) groups excluding carboxylic acids is 2. The van der Waals surface area contributed by atoms with E-state index in [1.165, 1.54) is 41.2 Å². The van der Waals surface area contributed by atoms with Gasteiger partial charge in [0.1, 0.15) is 11.7 Å². The lowest BCUT2D eigenvalue weighted by Crippen LogP contribution is -2.46. The molecule has 11 heteroatoms. The van der Waals surface area contributed by atoms with E-state index in [9.17, 15) is 19.8 Å². The summed E-state index contributed by atoms with van der Waals surface area (Å²) in [6.45, 7) is 7.57. The summed E-state index contributed by atoms with van der Waals surface area (Å²) in [5.74, 6) is -1.68. The van der Waals surface area contributed by atoms with E-state index in [4.69, 9.17) is 33.2 Å². The molecule has 0 aromatic heterocycles. The van der Waals surface area contributed by atoms with E-state index in [2.05, 4.69) is 0 Å². The molecule has 1 aliphatic heterocycles. The minimum atomic E-state index is -1.86. The molecular weight excluding hydrogens is 524 g/mol. The molecule has 4 atom stereocenters. The first kappa shape index (κ1) is 28.9. The van der Waals surface area contributed by atoms with Gasteiger partial charge in [0.15, 0.2) is 29.1 Å². The Morgan fingerprint density at radius 1 is 1.00 bits per heavy atom. The Bertz CT molecular complexity index is 1380. The predicted octanol–water partition coefficient (Wildman–Crippen LogP) is 4.37. The van der Waals surface area contributed by atoms with Crippen LogP contribution in [0.15, 0.2) is 23.8 Å². The van der Waals surface area contributed by atoms with E-state index < -0.39 is 35.7 Å². The van der Waals surface area contributed by atoms with Crippen LogP contribution < -0.4 is 23.7 Å². The zero-order valence-corrected chi connectivity index (χ0v) is 23.7. The second kappa shape index (κ2) is 10.8. The van der Waals surface area contributed by atoms with Crippen LogP contribution in [-0.4, -0.2) is 55.9 Å². The largest absolute Gasteiger partial charge is 0.504 e. The number of esters is 2. The van der Waals surface area contributed by atoms with Crippen LogP contribution in [0.2, 0.25) is 0 Å². The number of rotatable bonds is 6. The topological polar surface area (TPSA) is 139 Å². The first-order valence-corrected chi connectivity index (χ1v) is 12.6. The summed E-state index contributed by atoms with van der Waals surface area (Å²) < 4.78 is 39.9. The number of hydrogen-bond acceptors (Lipinski definition) is 11. The van der Waals surface area contributed by atoms with Gasteiger partial charge in [-0.3, -0.25) is 4.79 Å². The van der Waals surface area contributed by atoms with Crippen molar-refractivity contribution in [3.63, 3.8) is 0 Å². The summed E-state index contributed by atoms with van der Waals surface area (Å²) in [5, 5.41) is 23.9. The molecule has 0 saturated heterocycles. The van der Waals surface area contributed by atoms with Gasteiger partial charge in [-0.2, -0.15) is 0 Å². The molecule has 2 aliphatic rings. The van der Waals surface area contributed by atoms with E-state index >= 15 is 0 Å². The van der Waals surface area contributed by atoms with Gasteiger partial charge in [0.2, 0.25) is 18.3 Å². The van der Waals surface area contributed by atoms with Gasteiger partial charge in [-0.1, -0.05) is 13.0 Å². The molecule has 0 spiro atoms. The Labute approximate surface area is 232 Å². The highest BCUT2D eigenvalue weighted by molar-refractivity contribution is 5.91.